The molecule has 0 amide bonds. The molecule has 1 atom stereocenters. The summed E-state index contributed by atoms with van der Waals surface area (Å²) < 4.78 is 0. The maximum Gasteiger partial charge on any atom is 0.0451 e. The van der Waals surface area contributed by atoms with Gasteiger partial charge in [-0.3, -0.25) is 0 Å². The molecule has 0 aliphatic heterocycles. The SMILES string of the molecule is Cc1ccc([C@@](C)(N)CCO)cc1N. The number of anilines is 1. The lowest BCUT2D eigenvalue weighted by molar-refractivity contribution is 0.247. The molecule has 0 unspecified atom stereocenters. The third-order valence-corrected chi connectivity index (χ3v) is 2.57. The Balaban J connectivity index is 3.01. The van der Waals surface area contributed by atoms with Gasteiger partial charge in [-0.1, -0.05) is 12.1 Å². The first kappa shape index (κ1) is 11.0. The van der Waals surface area contributed by atoms with Gasteiger partial charge in [-0.25, -0.2) is 0 Å². The van der Waals surface area contributed by atoms with Crippen molar-refractivity contribution in [1.29, 1.82) is 0 Å². The van der Waals surface area contributed by atoms with Gasteiger partial charge < -0.3 is 16.6 Å². The molecule has 1 rings (SSSR count). The molecule has 0 aromatic heterocycles. The Hall–Kier alpha value is -1.06. The summed E-state index contributed by atoms with van der Waals surface area (Å²) in [5.74, 6) is 0. The van der Waals surface area contributed by atoms with E-state index in [1.54, 1.807) is 0 Å². The summed E-state index contributed by atoms with van der Waals surface area (Å²) in [7, 11) is 0. The van der Waals surface area contributed by atoms with Crippen LogP contribution in [-0.4, -0.2) is 11.7 Å². The van der Waals surface area contributed by atoms with E-state index in [-0.39, 0.29) is 6.61 Å². The van der Waals surface area contributed by atoms with Crippen molar-refractivity contribution in [3.8, 4) is 0 Å². The summed E-state index contributed by atoms with van der Waals surface area (Å²) in [6.45, 7) is 3.94. The van der Waals surface area contributed by atoms with Gasteiger partial charge in [-0.15, -0.1) is 0 Å². The minimum Gasteiger partial charge on any atom is -0.399 e. The van der Waals surface area contributed by atoms with Crippen LogP contribution in [0.5, 0.6) is 0 Å². The molecule has 0 spiro atoms. The second kappa shape index (κ2) is 3.98. The van der Waals surface area contributed by atoms with E-state index in [9.17, 15) is 0 Å². The van der Waals surface area contributed by atoms with Gasteiger partial charge in [0.15, 0.2) is 0 Å². The Bertz CT molecular complexity index is 321. The van der Waals surface area contributed by atoms with Gasteiger partial charge in [0.05, 0.1) is 0 Å². The lowest BCUT2D eigenvalue weighted by Gasteiger charge is -2.24. The Kier molecular flexibility index (Phi) is 3.13. The smallest absolute Gasteiger partial charge is 0.0451 e. The van der Waals surface area contributed by atoms with E-state index in [0.717, 1.165) is 16.8 Å². The van der Waals surface area contributed by atoms with E-state index in [4.69, 9.17) is 16.6 Å². The molecule has 0 aliphatic carbocycles. The molecular formula is C11H18N2O. The molecule has 0 heterocycles. The highest BCUT2D eigenvalue weighted by Crippen LogP contribution is 2.24. The van der Waals surface area contributed by atoms with E-state index >= 15 is 0 Å². The fourth-order valence-corrected chi connectivity index (χ4v) is 1.37. The maximum atomic E-state index is 8.88. The maximum absolute atomic E-state index is 8.88. The third-order valence-electron chi connectivity index (χ3n) is 2.57. The fourth-order valence-electron chi connectivity index (χ4n) is 1.37. The van der Waals surface area contributed by atoms with E-state index < -0.39 is 5.54 Å². The largest absolute Gasteiger partial charge is 0.399 e. The molecule has 0 fully saturated rings. The fraction of sp³-hybridized carbons (Fsp3) is 0.455. The lowest BCUT2D eigenvalue weighted by atomic mass is 9.89. The van der Waals surface area contributed by atoms with Crippen LogP contribution in [0.2, 0.25) is 0 Å². The monoisotopic (exact) mass is 194 g/mol. The molecule has 14 heavy (non-hydrogen) atoms. The summed E-state index contributed by atoms with van der Waals surface area (Å²) in [5.41, 5.74) is 14.1. The van der Waals surface area contributed by atoms with Crippen LogP contribution in [0.1, 0.15) is 24.5 Å². The van der Waals surface area contributed by atoms with Gasteiger partial charge in [0.2, 0.25) is 0 Å². The number of benzene rings is 1. The van der Waals surface area contributed by atoms with Crippen LogP contribution in [0.15, 0.2) is 18.2 Å². The molecule has 0 radical (unpaired) electrons. The van der Waals surface area contributed by atoms with Crippen molar-refractivity contribution in [3.63, 3.8) is 0 Å². The van der Waals surface area contributed by atoms with Crippen molar-refractivity contribution in [2.24, 2.45) is 5.73 Å². The minimum atomic E-state index is -0.503. The quantitative estimate of drug-likeness (QED) is 0.632. The summed E-state index contributed by atoms with van der Waals surface area (Å²) in [4.78, 5) is 0. The number of aliphatic hydroxyl groups is 1. The standard InChI is InChI=1S/C11H18N2O/c1-8-3-4-9(7-10(8)12)11(2,13)5-6-14/h3-4,7,14H,5-6,12-13H2,1-2H3/t11-/m0/s1. The van der Waals surface area contributed by atoms with Crippen LogP contribution in [0.4, 0.5) is 5.69 Å². The molecule has 3 heteroatoms. The zero-order valence-electron chi connectivity index (χ0n) is 8.75. The molecule has 1 aromatic rings. The lowest BCUT2D eigenvalue weighted by Crippen LogP contribution is -2.34. The van der Waals surface area contributed by atoms with Crippen molar-refractivity contribution in [2.75, 3.05) is 12.3 Å². The van der Waals surface area contributed by atoms with Gasteiger partial charge in [-0.2, -0.15) is 0 Å². The van der Waals surface area contributed by atoms with Gasteiger partial charge in [0.25, 0.3) is 0 Å². The van der Waals surface area contributed by atoms with Gasteiger partial charge in [0.1, 0.15) is 0 Å². The second-order valence-corrected chi connectivity index (χ2v) is 3.96. The molecule has 0 saturated carbocycles. The highest BCUT2D eigenvalue weighted by molar-refractivity contribution is 5.49. The normalized spacial score (nSPS) is 15.1. The van der Waals surface area contributed by atoms with Crippen molar-refractivity contribution in [2.45, 2.75) is 25.8 Å². The predicted molar refractivity (Wildman–Crippen MR) is 58.8 cm³/mol. The number of hydrogen-bond acceptors (Lipinski definition) is 3. The molecule has 0 aliphatic rings. The van der Waals surface area contributed by atoms with Gasteiger partial charge in [-0.05, 0) is 37.5 Å². The van der Waals surface area contributed by atoms with Crippen molar-refractivity contribution >= 4 is 5.69 Å². The Morgan fingerprint density at radius 1 is 1.43 bits per heavy atom. The van der Waals surface area contributed by atoms with Crippen LogP contribution < -0.4 is 11.5 Å². The number of hydrogen-bond donors (Lipinski definition) is 3. The molecular weight excluding hydrogens is 176 g/mol. The number of nitrogens with two attached hydrogens (primary N) is 2. The van der Waals surface area contributed by atoms with E-state index in [0.29, 0.717) is 6.42 Å². The van der Waals surface area contributed by atoms with Crippen LogP contribution >= 0.6 is 0 Å². The summed E-state index contributed by atoms with van der Waals surface area (Å²) in [6.07, 6.45) is 0.537. The Labute approximate surface area is 84.7 Å². The number of nitrogen functional groups attached to an aromatic ring is 1. The molecule has 1 aromatic carbocycles. The first-order valence-electron chi connectivity index (χ1n) is 4.74. The first-order chi connectivity index (χ1) is 6.47. The average molecular weight is 194 g/mol. The van der Waals surface area contributed by atoms with Crippen molar-refractivity contribution in [3.05, 3.63) is 29.3 Å². The van der Waals surface area contributed by atoms with Gasteiger partial charge in [0, 0.05) is 17.8 Å². The highest BCUT2D eigenvalue weighted by atomic mass is 16.3. The average Bonchev–Trinajstić information content (AvgIpc) is 2.09. The third kappa shape index (κ3) is 2.25. The zero-order chi connectivity index (χ0) is 10.8. The summed E-state index contributed by atoms with van der Waals surface area (Å²) in [5, 5.41) is 8.88. The highest BCUT2D eigenvalue weighted by Gasteiger charge is 2.20. The van der Waals surface area contributed by atoms with Gasteiger partial charge >= 0.3 is 0 Å². The van der Waals surface area contributed by atoms with Crippen LogP contribution in [0.3, 0.4) is 0 Å². The van der Waals surface area contributed by atoms with E-state index in [2.05, 4.69) is 0 Å². The molecule has 0 bridgehead atoms. The zero-order valence-corrected chi connectivity index (χ0v) is 8.75. The van der Waals surface area contributed by atoms with E-state index in [1.165, 1.54) is 0 Å². The summed E-state index contributed by atoms with van der Waals surface area (Å²) >= 11 is 0. The molecule has 3 nitrogen and oxygen atoms in total. The summed E-state index contributed by atoms with van der Waals surface area (Å²) in [6, 6.07) is 5.79. The van der Waals surface area contributed by atoms with Crippen molar-refractivity contribution < 1.29 is 5.11 Å². The number of rotatable bonds is 3. The Morgan fingerprint density at radius 3 is 2.57 bits per heavy atom. The number of aryl methyl sites for hydroxylation is 1. The molecule has 0 saturated heterocycles. The topological polar surface area (TPSA) is 72.3 Å². The predicted octanol–water partition coefficient (Wildman–Crippen LogP) is 1.13. The van der Waals surface area contributed by atoms with Crippen molar-refractivity contribution in [1.82, 2.24) is 0 Å². The van der Waals surface area contributed by atoms with Crippen LogP contribution in [-0.2, 0) is 5.54 Å². The molecule has 78 valence electrons. The minimum absolute atomic E-state index is 0.0841. The second-order valence-electron chi connectivity index (χ2n) is 3.96. The number of aliphatic hydroxyl groups excluding tert-OH is 1. The van der Waals surface area contributed by atoms with Crippen LogP contribution in [0.25, 0.3) is 0 Å². The Morgan fingerprint density at radius 2 is 2.07 bits per heavy atom. The molecule has 5 N–H and O–H groups in total. The first-order valence-corrected chi connectivity index (χ1v) is 4.74. The van der Waals surface area contributed by atoms with Crippen LogP contribution in [0, 0.1) is 6.92 Å². The van der Waals surface area contributed by atoms with E-state index in [1.807, 2.05) is 32.0 Å².